The van der Waals surface area contributed by atoms with E-state index in [0.29, 0.717) is 25.9 Å². The normalized spacial score (nSPS) is 12.1. The van der Waals surface area contributed by atoms with Gasteiger partial charge in [-0.05, 0) is 19.3 Å². The van der Waals surface area contributed by atoms with Crippen molar-refractivity contribution in [2.75, 3.05) is 6.54 Å². The molecule has 0 bridgehead atoms. The van der Waals surface area contributed by atoms with Gasteiger partial charge in [0.2, 0.25) is 5.91 Å². The average Bonchev–Trinajstić information content (AvgIpc) is 2.74. The number of carbonyl (C=O) groups excluding carboxylic acids is 1. The molecule has 1 unspecified atom stereocenters. The number of nitrogens with one attached hydrogen (secondary N) is 1. The van der Waals surface area contributed by atoms with E-state index in [0.717, 1.165) is 23.5 Å². The van der Waals surface area contributed by atoms with E-state index in [1.807, 2.05) is 13.8 Å². The molecule has 21 heavy (non-hydrogen) atoms. The molecule has 0 fully saturated rings. The van der Waals surface area contributed by atoms with Gasteiger partial charge in [0.15, 0.2) is 0 Å². The first-order chi connectivity index (χ1) is 9.93. The highest BCUT2D eigenvalue weighted by molar-refractivity contribution is 7.07. The first kappa shape index (κ1) is 17.4. The lowest BCUT2D eigenvalue weighted by molar-refractivity contribution is -0.138. The molecular weight excluding hydrogens is 292 g/mol. The van der Waals surface area contributed by atoms with Crippen molar-refractivity contribution in [3.8, 4) is 0 Å². The van der Waals surface area contributed by atoms with Crippen molar-refractivity contribution in [1.29, 1.82) is 0 Å². The third-order valence-electron chi connectivity index (χ3n) is 3.39. The lowest BCUT2D eigenvalue weighted by atomic mass is 10.0. The van der Waals surface area contributed by atoms with Gasteiger partial charge in [-0.25, -0.2) is 0 Å². The Morgan fingerprint density at radius 1 is 1.48 bits per heavy atom. The largest absolute Gasteiger partial charge is 0.481 e. The van der Waals surface area contributed by atoms with Gasteiger partial charge in [0.05, 0.1) is 0 Å². The Labute approximate surface area is 127 Å². The molecule has 0 aliphatic rings. The number of carboxylic acid groups (broad SMARTS) is 1. The van der Waals surface area contributed by atoms with Gasteiger partial charge in [0.25, 0.3) is 0 Å². The molecule has 0 aliphatic carbocycles. The second kappa shape index (κ2) is 8.61. The monoisotopic (exact) mass is 314 g/mol. The molecule has 7 heteroatoms. The second-order valence-electron chi connectivity index (χ2n) is 5.07. The number of aliphatic carboxylic acids is 1. The van der Waals surface area contributed by atoms with Crippen LogP contribution in [0.1, 0.15) is 38.3 Å². The van der Waals surface area contributed by atoms with E-state index < -0.39 is 5.97 Å². The van der Waals surface area contributed by atoms with Crippen LogP contribution in [0.4, 0.5) is 0 Å². The van der Waals surface area contributed by atoms with E-state index in [4.69, 9.17) is 5.11 Å². The van der Waals surface area contributed by atoms with Gasteiger partial charge in [-0.15, -0.1) is 0 Å². The minimum Gasteiger partial charge on any atom is -0.481 e. The van der Waals surface area contributed by atoms with Crippen molar-refractivity contribution in [3.63, 3.8) is 0 Å². The Kier molecular flexibility index (Phi) is 7.14. The highest BCUT2D eigenvalue weighted by Gasteiger charge is 2.12. The SMILES string of the molecule is CCC(CNC(=O)CCCn1c(C)csc1=O)CC(=O)O. The second-order valence-corrected chi connectivity index (χ2v) is 5.90. The van der Waals surface area contributed by atoms with Crippen molar-refractivity contribution in [2.24, 2.45) is 5.92 Å². The van der Waals surface area contributed by atoms with E-state index in [9.17, 15) is 14.4 Å². The average molecular weight is 314 g/mol. The van der Waals surface area contributed by atoms with Crippen LogP contribution in [0.3, 0.4) is 0 Å². The van der Waals surface area contributed by atoms with Crippen LogP contribution in [-0.2, 0) is 16.1 Å². The minimum atomic E-state index is -0.844. The number of thiazole rings is 1. The molecular formula is C14H22N2O4S. The number of rotatable bonds is 9. The van der Waals surface area contributed by atoms with Crippen LogP contribution in [0, 0.1) is 12.8 Å². The summed E-state index contributed by atoms with van der Waals surface area (Å²) in [6.45, 7) is 4.70. The van der Waals surface area contributed by atoms with Crippen molar-refractivity contribution >= 4 is 23.2 Å². The summed E-state index contributed by atoms with van der Waals surface area (Å²) in [5, 5.41) is 13.3. The molecule has 118 valence electrons. The number of hydrogen-bond acceptors (Lipinski definition) is 4. The Morgan fingerprint density at radius 3 is 2.71 bits per heavy atom. The number of aromatic nitrogens is 1. The molecule has 1 rings (SSSR count). The maximum absolute atomic E-state index is 11.7. The third-order valence-corrected chi connectivity index (χ3v) is 4.27. The van der Waals surface area contributed by atoms with Crippen LogP contribution < -0.4 is 10.2 Å². The standard InChI is InChI=1S/C14H22N2O4S/c1-3-11(7-13(18)19)8-15-12(17)5-4-6-16-10(2)9-21-14(16)20/h9,11H,3-8H2,1-2H3,(H,15,17)(H,18,19). The molecule has 0 saturated carbocycles. The molecule has 0 spiro atoms. The Bertz CT molecular complexity index is 535. The van der Waals surface area contributed by atoms with E-state index >= 15 is 0 Å². The van der Waals surface area contributed by atoms with Gasteiger partial charge in [0, 0.05) is 37.0 Å². The molecule has 0 radical (unpaired) electrons. The summed E-state index contributed by atoms with van der Waals surface area (Å²) in [7, 11) is 0. The highest BCUT2D eigenvalue weighted by Crippen LogP contribution is 2.07. The molecule has 1 amide bonds. The molecule has 0 saturated heterocycles. The minimum absolute atomic E-state index is 0.000383. The molecule has 2 N–H and O–H groups in total. The number of aryl methyl sites for hydroxylation is 1. The smallest absolute Gasteiger partial charge is 0.307 e. The zero-order valence-corrected chi connectivity index (χ0v) is 13.2. The lowest BCUT2D eigenvalue weighted by Gasteiger charge is -2.13. The predicted molar refractivity (Wildman–Crippen MR) is 81.6 cm³/mol. The first-order valence-electron chi connectivity index (χ1n) is 7.07. The van der Waals surface area contributed by atoms with Gasteiger partial charge in [0.1, 0.15) is 0 Å². The molecule has 0 aliphatic heterocycles. The number of amides is 1. The van der Waals surface area contributed by atoms with Gasteiger partial charge >= 0.3 is 10.8 Å². The maximum atomic E-state index is 11.7. The van der Waals surface area contributed by atoms with Crippen LogP contribution in [0.2, 0.25) is 0 Å². The number of hydrogen-bond donors (Lipinski definition) is 2. The van der Waals surface area contributed by atoms with Crippen molar-refractivity contribution in [3.05, 3.63) is 20.7 Å². The van der Waals surface area contributed by atoms with E-state index in [1.165, 1.54) is 0 Å². The topological polar surface area (TPSA) is 88.4 Å². The number of carbonyl (C=O) groups is 2. The first-order valence-corrected chi connectivity index (χ1v) is 7.95. The summed E-state index contributed by atoms with van der Waals surface area (Å²) in [6, 6.07) is 0. The summed E-state index contributed by atoms with van der Waals surface area (Å²) in [5.74, 6) is -0.976. The Morgan fingerprint density at radius 2 is 2.19 bits per heavy atom. The van der Waals surface area contributed by atoms with Crippen LogP contribution in [0.25, 0.3) is 0 Å². The fraction of sp³-hybridized carbons (Fsp3) is 0.643. The summed E-state index contributed by atoms with van der Waals surface area (Å²) in [4.78, 5) is 33.8. The van der Waals surface area contributed by atoms with Gasteiger partial charge in [-0.3, -0.25) is 14.4 Å². The van der Waals surface area contributed by atoms with Crippen LogP contribution in [-0.4, -0.2) is 28.1 Å². The number of carboxylic acids is 1. The predicted octanol–water partition coefficient (Wildman–Crippen LogP) is 1.62. The summed E-state index contributed by atoms with van der Waals surface area (Å²) in [6.07, 6.45) is 1.72. The zero-order valence-electron chi connectivity index (χ0n) is 12.4. The quantitative estimate of drug-likeness (QED) is 0.725. The number of nitrogens with zero attached hydrogens (tertiary/aromatic N) is 1. The maximum Gasteiger partial charge on any atom is 0.307 e. The van der Waals surface area contributed by atoms with Gasteiger partial charge in [-0.1, -0.05) is 24.7 Å². The lowest BCUT2D eigenvalue weighted by Crippen LogP contribution is -2.30. The zero-order chi connectivity index (χ0) is 15.8. The fourth-order valence-electron chi connectivity index (χ4n) is 2.03. The Balaban J connectivity index is 2.28. The van der Waals surface area contributed by atoms with Crippen molar-refractivity contribution < 1.29 is 14.7 Å². The van der Waals surface area contributed by atoms with Crippen molar-refractivity contribution in [1.82, 2.24) is 9.88 Å². The van der Waals surface area contributed by atoms with E-state index in [1.54, 1.807) is 9.95 Å². The molecule has 1 heterocycles. The fourth-order valence-corrected chi connectivity index (χ4v) is 2.79. The highest BCUT2D eigenvalue weighted by atomic mass is 32.1. The summed E-state index contributed by atoms with van der Waals surface area (Å²) >= 11 is 1.16. The van der Waals surface area contributed by atoms with Gasteiger partial charge < -0.3 is 15.0 Å². The molecule has 0 aromatic carbocycles. The van der Waals surface area contributed by atoms with E-state index in [2.05, 4.69) is 5.32 Å². The molecule has 1 aromatic rings. The molecule has 1 atom stereocenters. The molecule has 6 nitrogen and oxygen atoms in total. The summed E-state index contributed by atoms with van der Waals surface area (Å²) in [5.41, 5.74) is 0.915. The van der Waals surface area contributed by atoms with Crippen LogP contribution in [0.5, 0.6) is 0 Å². The summed E-state index contributed by atoms with van der Waals surface area (Å²) < 4.78 is 1.66. The van der Waals surface area contributed by atoms with Crippen LogP contribution >= 0.6 is 11.3 Å². The Hall–Kier alpha value is -1.63. The van der Waals surface area contributed by atoms with Crippen LogP contribution in [0.15, 0.2) is 10.2 Å². The van der Waals surface area contributed by atoms with E-state index in [-0.39, 0.29) is 23.1 Å². The third kappa shape index (κ3) is 6.12. The van der Waals surface area contributed by atoms with Gasteiger partial charge in [-0.2, -0.15) is 0 Å². The van der Waals surface area contributed by atoms with Crippen molar-refractivity contribution in [2.45, 2.75) is 46.1 Å². The molecule has 1 aromatic heterocycles.